The van der Waals surface area contributed by atoms with Crippen LogP contribution in [0, 0.1) is 11.2 Å². The summed E-state index contributed by atoms with van der Waals surface area (Å²) in [5, 5.41) is 0.538. The van der Waals surface area contributed by atoms with E-state index in [2.05, 4.69) is 0 Å². The highest BCUT2D eigenvalue weighted by molar-refractivity contribution is 6.31. The van der Waals surface area contributed by atoms with Crippen LogP contribution in [0.5, 0.6) is 0 Å². The molecular formula is C16H21ClFN. The SMILES string of the molecule is NCC1(c2c(F)cccc2Cl)CC2(CCCCC2)C1. The van der Waals surface area contributed by atoms with Crippen LogP contribution in [0.3, 0.4) is 0 Å². The molecule has 0 aromatic heterocycles. The first-order valence-corrected chi connectivity index (χ1v) is 7.63. The lowest BCUT2D eigenvalue weighted by Gasteiger charge is -2.58. The summed E-state index contributed by atoms with van der Waals surface area (Å²) in [5.41, 5.74) is 6.86. The average molecular weight is 282 g/mol. The van der Waals surface area contributed by atoms with Crippen LogP contribution in [0.4, 0.5) is 4.39 Å². The van der Waals surface area contributed by atoms with Gasteiger partial charge in [-0.15, -0.1) is 0 Å². The molecule has 0 amide bonds. The second-order valence-corrected chi connectivity index (χ2v) is 6.90. The molecule has 0 radical (unpaired) electrons. The van der Waals surface area contributed by atoms with Crippen LogP contribution in [-0.2, 0) is 5.41 Å². The summed E-state index contributed by atoms with van der Waals surface area (Å²) in [5.74, 6) is -0.191. The first-order chi connectivity index (χ1) is 9.11. The van der Waals surface area contributed by atoms with E-state index >= 15 is 0 Å². The first kappa shape index (κ1) is 13.4. The van der Waals surface area contributed by atoms with Gasteiger partial charge in [0, 0.05) is 22.5 Å². The zero-order valence-corrected chi connectivity index (χ0v) is 12.0. The van der Waals surface area contributed by atoms with Crippen LogP contribution >= 0.6 is 11.6 Å². The second-order valence-electron chi connectivity index (χ2n) is 6.50. The summed E-state index contributed by atoms with van der Waals surface area (Å²) in [6.45, 7) is 0.495. The molecule has 1 spiro atoms. The van der Waals surface area contributed by atoms with Crippen molar-refractivity contribution in [2.45, 2.75) is 50.4 Å². The predicted molar refractivity (Wildman–Crippen MR) is 76.9 cm³/mol. The highest BCUT2D eigenvalue weighted by atomic mass is 35.5. The number of hydrogen-bond acceptors (Lipinski definition) is 1. The third kappa shape index (κ3) is 2.09. The molecule has 0 unspecified atom stereocenters. The molecule has 0 heterocycles. The molecule has 2 N–H and O–H groups in total. The minimum absolute atomic E-state index is 0.191. The van der Waals surface area contributed by atoms with E-state index in [1.807, 2.05) is 0 Å². The quantitative estimate of drug-likeness (QED) is 0.853. The van der Waals surface area contributed by atoms with Crippen molar-refractivity contribution in [3.63, 3.8) is 0 Å². The Morgan fingerprint density at radius 2 is 1.84 bits per heavy atom. The Morgan fingerprint density at radius 3 is 2.42 bits per heavy atom. The summed E-state index contributed by atoms with van der Waals surface area (Å²) in [6, 6.07) is 4.95. The third-order valence-electron chi connectivity index (χ3n) is 5.22. The Morgan fingerprint density at radius 1 is 1.16 bits per heavy atom. The number of benzene rings is 1. The van der Waals surface area contributed by atoms with Crippen LogP contribution in [-0.4, -0.2) is 6.54 Å². The molecule has 1 nitrogen and oxygen atoms in total. The van der Waals surface area contributed by atoms with Crippen LogP contribution in [0.15, 0.2) is 18.2 Å². The van der Waals surface area contributed by atoms with Crippen LogP contribution < -0.4 is 5.73 Å². The Labute approximate surface area is 119 Å². The highest BCUT2D eigenvalue weighted by Crippen LogP contribution is 2.62. The molecule has 0 atom stereocenters. The topological polar surface area (TPSA) is 26.0 Å². The van der Waals surface area contributed by atoms with E-state index in [0.717, 1.165) is 12.8 Å². The molecule has 104 valence electrons. The van der Waals surface area contributed by atoms with E-state index in [1.165, 1.54) is 38.2 Å². The molecule has 0 bridgehead atoms. The number of hydrogen-bond donors (Lipinski definition) is 1. The lowest BCUT2D eigenvalue weighted by molar-refractivity contribution is -0.00999. The Kier molecular flexibility index (Phi) is 3.34. The largest absolute Gasteiger partial charge is 0.330 e. The monoisotopic (exact) mass is 281 g/mol. The second kappa shape index (κ2) is 4.75. The fourth-order valence-corrected chi connectivity index (χ4v) is 4.83. The molecule has 19 heavy (non-hydrogen) atoms. The van der Waals surface area contributed by atoms with Gasteiger partial charge in [-0.3, -0.25) is 0 Å². The maximum absolute atomic E-state index is 14.2. The van der Waals surface area contributed by atoms with Crippen molar-refractivity contribution in [1.82, 2.24) is 0 Å². The molecule has 0 aliphatic heterocycles. The Balaban J connectivity index is 1.90. The molecule has 0 saturated heterocycles. The molecule has 3 heteroatoms. The van der Waals surface area contributed by atoms with E-state index in [1.54, 1.807) is 12.1 Å². The molecule has 2 saturated carbocycles. The zero-order chi connectivity index (χ0) is 13.5. The third-order valence-corrected chi connectivity index (χ3v) is 5.54. The zero-order valence-electron chi connectivity index (χ0n) is 11.2. The smallest absolute Gasteiger partial charge is 0.128 e. The van der Waals surface area contributed by atoms with Crippen LogP contribution in [0.1, 0.15) is 50.5 Å². The maximum Gasteiger partial charge on any atom is 0.128 e. The van der Waals surface area contributed by atoms with Crippen molar-refractivity contribution in [3.05, 3.63) is 34.6 Å². The van der Waals surface area contributed by atoms with Crippen molar-refractivity contribution in [2.75, 3.05) is 6.54 Å². The summed E-state index contributed by atoms with van der Waals surface area (Å²) in [7, 11) is 0. The van der Waals surface area contributed by atoms with Crippen molar-refractivity contribution >= 4 is 11.6 Å². The van der Waals surface area contributed by atoms with E-state index in [9.17, 15) is 4.39 Å². The van der Waals surface area contributed by atoms with Gasteiger partial charge in [0.1, 0.15) is 5.82 Å². The molecule has 1 aromatic carbocycles. The van der Waals surface area contributed by atoms with Gasteiger partial charge in [0.15, 0.2) is 0 Å². The fourth-order valence-electron chi connectivity index (χ4n) is 4.47. The van der Waals surface area contributed by atoms with Gasteiger partial charge >= 0.3 is 0 Å². The van der Waals surface area contributed by atoms with Gasteiger partial charge < -0.3 is 5.73 Å². The van der Waals surface area contributed by atoms with Gasteiger partial charge in [-0.05, 0) is 43.2 Å². The van der Waals surface area contributed by atoms with E-state index in [0.29, 0.717) is 22.5 Å². The summed E-state index contributed by atoms with van der Waals surface area (Å²) >= 11 is 6.24. The van der Waals surface area contributed by atoms with Crippen LogP contribution in [0.25, 0.3) is 0 Å². The first-order valence-electron chi connectivity index (χ1n) is 7.26. The Hall–Kier alpha value is -0.600. The van der Waals surface area contributed by atoms with Gasteiger partial charge in [-0.25, -0.2) is 4.39 Å². The van der Waals surface area contributed by atoms with E-state index in [-0.39, 0.29) is 11.2 Å². The van der Waals surface area contributed by atoms with Crippen molar-refractivity contribution in [1.29, 1.82) is 0 Å². The highest BCUT2D eigenvalue weighted by Gasteiger charge is 2.55. The lowest BCUT2D eigenvalue weighted by Crippen LogP contribution is -2.55. The number of halogens is 2. The van der Waals surface area contributed by atoms with Gasteiger partial charge in [-0.1, -0.05) is 36.9 Å². The molecule has 2 fully saturated rings. The standard InChI is InChI=1S/C16H21ClFN/c17-12-5-4-6-13(18)14(12)16(11-19)9-15(10-16)7-2-1-3-8-15/h4-6H,1-3,7-11,19H2. The molecule has 2 aliphatic carbocycles. The normalized spacial score (nSPS) is 24.2. The van der Waals surface area contributed by atoms with Crippen molar-refractivity contribution in [2.24, 2.45) is 11.1 Å². The molecule has 3 rings (SSSR count). The molecular weight excluding hydrogens is 261 g/mol. The average Bonchev–Trinajstić information content (AvgIpc) is 2.37. The number of rotatable bonds is 2. The van der Waals surface area contributed by atoms with E-state index < -0.39 is 0 Å². The fraction of sp³-hybridized carbons (Fsp3) is 0.625. The summed E-state index contributed by atoms with van der Waals surface area (Å²) < 4.78 is 14.2. The van der Waals surface area contributed by atoms with Gasteiger partial charge in [0.05, 0.1) is 0 Å². The summed E-state index contributed by atoms with van der Waals surface area (Å²) in [6.07, 6.45) is 8.55. The molecule has 1 aromatic rings. The van der Waals surface area contributed by atoms with E-state index in [4.69, 9.17) is 17.3 Å². The van der Waals surface area contributed by atoms with Gasteiger partial charge in [0.2, 0.25) is 0 Å². The molecule has 2 aliphatic rings. The number of nitrogens with two attached hydrogens (primary N) is 1. The minimum atomic E-state index is -0.222. The predicted octanol–water partition coefficient (Wildman–Crippen LogP) is 4.42. The van der Waals surface area contributed by atoms with Gasteiger partial charge in [-0.2, -0.15) is 0 Å². The Bertz CT molecular complexity index is 451. The minimum Gasteiger partial charge on any atom is -0.330 e. The van der Waals surface area contributed by atoms with Gasteiger partial charge in [0.25, 0.3) is 0 Å². The van der Waals surface area contributed by atoms with Crippen molar-refractivity contribution < 1.29 is 4.39 Å². The summed E-state index contributed by atoms with van der Waals surface area (Å²) in [4.78, 5) is 0. The maximum atomic E-state index is 14.2. The lowest BCUT2D eigenvalue weighted by atomic mass is 9.46. The van der Waals surface area contributed by atoms with Crippen LogP contribution in [0.2, 0.25) is 5.02 Å². The van der Waals surface area contributed by atoms with Crippen molar-refractivity contribution in [3.8, 4) is 0 Å².